The topological polar surface area (TPSA) is 113 Å². The molecule has 0 saturated heterocycles. The minimum atomic E-state index is -3.95. The normalized spacial score (nSPS) is 11.3. The van der Waals surface area contributed by atoms with Gasteiger partial charge in [-0.25, -0.2) is 8.42 Å². The number of ether oxygens (including phenoxy) is 1. The van der Waals surface area contributed by atoms with Gasteiger partial charge in [-0.3, -0.25) is 14.6 Å². The number of aromatic nitrogens is 2. The SMILES string of the molecule is COc1ccccc1NS(=O)(=O)c1cc(C(=O)Nc2ccc3[nH]ncc3c2)ccc1C. The van der Waals surface area contributed by atoms with E-state index < -0.39 is 15.9 Å². The van der Waals surface area contributed by atoms with Crippen molar-refractivity contribution in [3.8, 4) is 5.75 Å². The number of carbonyl (C=O) groups is 1. The van der Waals surface area contributed by atoms with Gasteiger partial charge in [-0.15, -0.1) is 0 Å². The highest BCUT2D eigenvalue weighted by Gasteiger charge is 2.21. The number of carbonyl (C=O) groups excluding carboxylic acids is 1. The average Bonchev–Trinajstić information content (AvgIpc) is 3.22. The van der Waals surface area contributed by atoms with Gasteiger partial charge in [-0.2, -0.15) is 5.10 Å². The summed E-state index contributed by atoms with van der Waals surface area (Å²) in [5.41, 5.74) is 2.48. The van der Waals surface area contributed by atoms with Gasteiger partial charge in [0.1, 0.15) is 5.75 Å². The first-order valence-electron chi connectivity index (χ1n) is 9.38. The molecule has 8 nitrogen and oxygen atoms in total. The summed E-state index contributed by atoms with van der Waals surface area (Å²) in [5, 5.41) is 10.4. The fourth-order valence-electron chi connectivity index (χ4n) is 3.18. The van der Waals surface area contributed by atoms with Crippen molar-refractivity contribution in [3.05, 3.63) is 78.0 Å². The number of methoxy groups -OCH3 is 1. The molecule has 1 amide bonds. The minimum absolute atomic E-state index is 0.0105. The van der Waals surface area contributed by atoms with Gasteiger partial charge in [0.2, 0.25) is 0 Å². The number of aryl methyl sites for hydroxylation is 1. The van der Waals surface area contributed by atoms with Gasteiger partial charge in [0, 0.05) is 16.6 Å². The molecule has 1 aromatic heterocycles. The highest BCUT2D eigenvalue weighted by atomic mass is 32.2. The third-order valence-electron chi connectivity index (χ3n) is 4.79. The van der Waals surface area contributed by atoms with Crippen molar-refractivity contribution in [2.24, 2.45) is 0 Å². The summed E-state index contributed by atoms with van der Waals surface area (Å²) in [5.74, 6) is -0.0242. The molecule has 1 heterocycles. The Morgan fingerprint density at radius 3 is 2.68 bits per heavy atom. The molecule has 9 heteroatoms. The average molecular weight is 436 g/mol. The zero-order valence-corrected chi connectivity index (χ0v) is 17.7. The number of benzene rings is 3. The smallest absolute Gasteiger partial charge is 0.262 e. The summed E-state index contributed by atoms with van der Waals surface area (Å²) in [7, 11) is -2.49. The van der Waals surface area contributed by atoms with Crippen molar-refractivity contribution < 1.29 is 17.9 Å². The maximum absolute atomic E-state index is 13.0. The maximum Gasteiger partial charge on any atom is 0.262 e. The van der Waals surface area contributed by atoms with Crippen molar-refractivity contribution in [3.63, 3.8) is 0 Å². The van der Waals surface area contributed by atoms with Crippen LogP contribution in [0, 0.1) is 6.92 Å². The first-order chi connectivity index (χ1) is 14.9. The quantitative estimate of drug-likeness (QED) is 0.424. The van der Waals surface area contributed by atoms with Crippen LogP contribution in [0.5, 0.6) is 5.75 Å². The van der Waals surface area contributed by atoms with Crippen LogP contribution >= 0.6 is 0 Å². The number of rotatable bonds is 6. The number of para-hydroxylation sites is 2. The van der Waals surface area contributed by atoms with E-state index in [4.69, 9.17) is 4.74 Å². The lowest BCUT2D eigenvalue weighted by Gasteiger charge is -2.14. The molecular weight excluding hydrogens is 416 g/mol. The molecule has 0 aliphatic rings. The van der Waals surface area contributed by atoms with Crippen molar-refractivity contribution in [2.45, 2.75) is 11.8 Å². The van der Waals surface area contributed by atoms with Gasteiger partial charge in [-0.05, 0) is 55.0 Å². The number of H-pyrrole nitrogens is 1. The molecular formula is C22H20N4O4S. The van der Waals surface area contributed by atoms with Crippen LogP contribution in [0.1, 0.15) is 15.9 Å². The number of amides is 1. The molecule has 4 aromatic rings. The molecule has 0 radical (unpaired) electrons. The standard InChI is InChI=1S/C22H20N4O4S/c1-14-7-8-15(22(27)24-17-9-10-18-16(11-17)13-23-25-18)12-21(14)31(28,29)26-19-5-3-4-6-20(19)30-2/h3-13,26H,1-2H3,(H,23,25)(H,24,27). The van der Waals surface area contributed by atoms with E-state index in [2.05, 4.69) is 20.2 Å². The van der Waals surface area contributed by atoms with Crippen molar-refractivity contribution in [1.82, 2.24) is 10.2 Å². The maximum atomic E-state index is 13.0. The van der Waals surface area contributed by atoms with Crippen LogP contribution < -0.4 is 14.8 Å². The van der Waals surface area contributed by atoms with Crippen LogP contribution in [0.4, 0.5) is 11.4 Å². The Labute approximate surface area is 179 Å². The number of aromatic amines is 1. The van der Waals surface area contributed by atoms with Crippen LogP contribution in [0.25, 0.3) is 10.9 Å². The van der Waals surface area contributed by atoms with Crippen LogP contribution in [-0.4, -0.2) is 31.6 Å². The second-order valence-electron chi connectivity index (χ2n) is 6.91. The van der Waals surface area contributed by atoms with E-state index in [1.54, 1.807) is 67.7 Å². The summed E-state index contributed by atoms with van der Waals surface area (Å²) in [6.45, 7) is 1.67. The lowest BCUT2D eigenvalue weighted by atomic mass is 10.1. The number of hydrogen-bond donors (Lipinski definition) is 3. The number of fused-ring (bicyclic) bond motifs is 1. The van der Waals surface area contributed by atoms with Crippen LogP contribution in [-0.2, 0) is 10.0 Å². The molecule has 4 rings (SSSR count). The van der Waals surface area contributed by atoms with Gasteiger partial charge in [0.15, 0.2) is 0 Å². The monoisotopic (exact) mass is 436 g/mol. The number of sulfonamides is 1. The van der Waals surface area contributed by atoms with Crippen LogP contribution in [0.2, 0.25) is 0 Å². The van der Waals surface area contributed by atoms with Crippen molar-refractivity contribution in [2.75, 3.05) is 17.1 Å². The van der Waals surface area contributed by atoms with Crippen LogP contribution in [0.3, 0.4) is 0 Å². The zero-order chi connectivity index (χ0) is 22.0. The molecule has 0 saturated carbocycles. The molecule has 0 spiro atoms. The summed E-state index contributed by atoms with van der Waals surface area (Å²) in [6, 6.07) is 16.6. The second kappa shape index (κ2) is 8.11. The Kier molecular flexibility index (Phi) is 5.35. The largest absolute Gasteiger partial charge is 0.495 e. The molecule has 0 bridgehead atoms. The minimum Gasteiger partial charge on any atom is -0.495 e. The number of anilines is 2. The van der Waals surface area contributed by atoms with E-state index in [0.29, 0.717) is 22.7 Å². The third-order valence-corrected chi connectivity index (χ3v) is 6.30. The fraction of sp³-hybridized carbons (Fsp3) is 0.0909. The first-order valence-corrected chi connectivity index (χ1v) is 10.9. The highest BCUT2D eigenvalue weighted by Crippen LogP contribution is 2.28. The summed E-state index contributed by atoms with van der Waals surface area (Å²) >= 11 is 0. The van der Waals surface area contributed by atoms with Gasteiger partial charge < -0.3 is 10.1 Å². The van der Waals surface area contributed by atoms with E-state index >= 15 is 0 Å². The van der Waals surface area contributed by atoms with E-state index in [1.165, 1.54) is 13.2 Å². The lowest BCUT2D eigenvalue weighted by Crippen LogP contribution is -2.17. The molecule has 0 fully saturated rings. The first kappa shape index (κ1) is 20.4. The van der Waals surface area contributed by atoms with E-state index in [1.807, 2.05) is 0 Å². The van der Waals surface area contributed by atoms with E-state index in [0.717, 1.165) is 10.9 Å². The summed E-state index contributed by atoms with van der Waals surface area (Å²) < 4.78 is 33.8. The van der Waals surface area contributed by atoms with Gasteiger partial charge in [0.05, 0.1) is 29.4 Å². The molecule has 0 aliphatic heterocycles. The van der Waals surface area contributed by atoms with Crippen molar-refractivity contribution >= 4 is 38.2 Å². The Morgan fingerprint density at radius 2 is 1.87 bits per heavy atom. The Morgan fingerprint density at radius 1 is 1.06 bits per heavy atom. The molecule has 158 valence electrons. The summed E-state index contributed by atoms with van der Waals surface area (Å²) in [4.78, 5) is 12.8. The van der Waals surface area contributed by atoms with Crippen LogP contribution in [0.15, 0.2) is 71.8 Å². The van der Waals surface area contributed by atoms with Gasteiger partial charge >= 0.3 is 0 Å². The third kappa shape index (κ3) is 4.22. The summed E-state index contributed by atoms with van der Waals surface area (Å²) in [6.07, 6.45) is 1.66. The Bertz CT molecular complexity index is 1380. The zero-order valence-electron chi connectivity index (χ0n) is 16.8. The lowest BCUT2D eigenvalue weighted by molar-refractivity contribution is 0.102. The number of hydrogen-bond acceptors (Lipinski definition) is 5. The molecule has 3 aromatic carbocycles. The Balaban J connectivity index is 1.61. The second-order valence-corrected chi connectivity index (χ2v) is 8.56. The molecule has 3 N–H and O–H groups in total. The number of nitrogens with zero attached hydrogens (tertiary/aromatic N) is 1. The van der Waals surface area contributed by atoms with E-state index in [9.17, 15) is 13.2 Å². The number of nitrogens with one attached hydrogen (secondary N) is 3. The molecule has 0 unspecified atom stereocenters. The highest BCUT2D eigenvalue weighted by molar-refractivity contribution is 7.92. The van der Waals surface area contributed by atoms with Gasteiger partial charge in [0.25, 0.3) is 15.9 Å². The molecule has 31 heavy (non-hydrogen) atoms. The van der Waals surface area contributed by atoms with Gasteiger partial charge in [-0.1, -0.05) is 18.2 Å². The Hall–Kier alpha value is -3.85. The van der Waals surface area contributed by atoms with Crippen molar-refractivity contribution in [1.29, 1.82) is 0 Å². The predicted octanol–water partition coefficient (Wildman–Crippen LogP) is 3.93. The molecule has 0 atom stereocenters. The van der Waals surface area contributed by atoms with E-state index in [-0.39, 0.29) is 10.5 Å². The molecule has 0 aliphatic carbocycles. The fourth-order valence-corrected chi connectivity index (χ4v) is 4.53. The predicted molar refractivity (Wildman–Crippen MR) is 119 cm³/mol.